The molecule has 0 saturated heterocycles. The molecule has 0 radical (unpaired) electrons. The first-order valence-electron chi connectivity index (χ1n) is 6.97. The molecular weight excluding hydrogens is 270 g/mol. The van der Waals surface area contributed by atoms with Crippen molar-refractivity contribution in [1.29, 1.82) is 0 Å². The quantitative estimate of drug-likeness (QED) is 0.895. The van der Waals surface area contributed by atoms with E-state index in [4.69, 9.17) is 9.15 Å². The molecule has 3 rings (SSSR count). The van der Waals surface area contributed by atoms with Crippen LogP contribution < -0.4 is 15.4 Å². The van der Waals surface area contributed by atoms with Crippen molar-refractivity contribution in [2.75, 3.05) is 11.9 Å². The molecule has 21 heavy (non-hydrogen) atoms. The van der Waals surface area contributed by atoms with Gasteiger partial charge < -0.3 is 19.8 Å². The lowest BCUT2D eigenvalue weighted by Crippen LogP contribution is -2.44. The fraction of sp³-hybridized carbons (Fsp3) is 0.333. The smallest absolute Gasteiger partial charge is 0.263 e. The van der Waals surface area contributed by atoms with E-state index in [2.05, 4.69) is 15.6 Å². The normalized spacial score (nSPS) is 16.5. The Bertz CT molecular complexity index is 639. The SMILES string of the molecule is CCc1cnc(CNC(=O)C2CNc3ccccc3O2)o1. The topological polar surface area (TPSA) is 76.4 Å². The molecule has 1 aromatic heterocycles. The van der Waals surface area contributed by atoms with Gasteiger partial charge >= 0.3 is 0 Å². The van der Waals surface area contributed by atoms with E-state index in [0.717, 1.165) is 17.9 Å². The summed E-state index contributed by atoms with van der Waals surface area (Å²) >= 11 is 0. The van der Waals surface area contributed by atoms with Crippen LogP contribution in [0.4, 0.5) is 5.69 Å². The van der Waals surface area contributed by atoms with E-state index in [9.17, 15) is 4.79 Å². The lowest BCUT2D eigenvalue weighted by atomic mass is 10.2. The lowest BCUT2D eigenvalue weighted by molar-refractivity contribution is -0.127. The maximum atomic E-state index is 12.1. The third-order valence-electron chi connectivity index (χ3n) is 3.29. The average Bonchev–Trinajstić information content (AvgIpc) is 3.00. The van der Waals surface area contributed by atoms with Gasteiger partial charge in [-0.1, -0.05) is 19.1 Å². The molecule has 2 N–H and O–H groups in total. The summed E-state index contributed by atoms with van der Waals surface area (Å²) in [6, 6.07) is 7.55. The summed E-state index contributed by atoms with van der Waals surface area (Å²) in [5, 5.41) is 5.96. The molecule has 1 aromatic carbocycles. The number of aryl methyl sites for hydroxylation is 1. The number of aromatic nitrogens is 1. The number of fused-ring (bicyclic) bond motifs is 1. The van der Waals surface area contributed by atoms with Crippen LogP contribution >= 0.6 is 0 Å². The van der Waals surface area contributed by atoms with Gasteiger partial charge in [0.15, 0.2) is 6.10 Å². The van der Waals surface area contributed by atoms with Crippen molar-refractivity contribution >= 4 is 11.6 Å². The summed E-state index contributed by atoms with van der Waals surface area (Å²) in [4.78, 5) is 16.2. The van der Waals surface area contributed by atoms with Gasteiger partial charge in [-0.2, -0.15) is 0 Å². The summed E-state index contributed by atoms with van der Waals surface area (Å²) in [6.45, 7) is 2.69. The van der Waals surface area contributed by atoms with E-state index in [1.54, 1.807) is 6.20 Å². The fourth-order valence-electron chi connectivity index (χ4n) is 2.13. The molecule has 0 aliphatic carbocycles. The number of oxazole rings is 1. The van der Waals surface area contributed by atoms with Gasteiger partial charge in [0.2, 0.25) is 5.89 Å². The Morgan fingerprint density at radius 3 is 3.14 bits per heavy atom. The third kappa shape index (κ3) is 2.99. The monoisotopic (exact) mass is 287 g/mol. The Morgan fingerprint density at radius 1 is 1.48 bits per heavy atom. The molecule has 6 nitrogen and oxygen atoms in total. The molecule has 1 atom stereocenters. The van der Waals surface area contributed by atoms with Gasteiger partial charge in [-0.25, -0.2) is 4.98 Å². The van der Waals surface area contributed by atoms with Gasteiger partial charge in [0, 0.05) is 6.42 Å². The summed E-state index contributed by atoms with van der Waals surface area (Å²) in [6.07, 6.45) is 1.91. The third-order valence-corrected chi connectivity index (χ3v) is 3.29. The molecule has 1 aliphatic rings. The second kappa shape index (κ2) is 5.87. The number of para-hydroxylation sites is 2. The van der Waals surface area contributed by atoms with Crippen molar-refractivity contribution in [3.05, 3.63) is 42.1 Å². The van der Waals surface area contributed by atoms with Crippen LogP contribution in [-0.2, 0) is 17.8 Å². The molecule has 1 amide bonds. The van der Waals surface area contributed by atoms with Gasteiger partial charge in [-0.3, -0.25) is 4.79 Å². The zero-order valence-electron chi connectivity index (χ0n) is 11.8. The highest BCUT2D eigenvalue weighted by atomic mass is 16.5. The highest BCUT2D eigenvalue weighted by molar-refractivity contribution is 5.82. The second-order valence-corrected chi connectivity index (χ2v) is 4.78. The van der Waals surface area contributed by atoms with Gasteiger partial charge in [0.25, 0.3) is 5.91 Å². The van der Waals surface area contributed by atoms with Crippen molar-refractivity contribution in [2.24, 2.45) is 0 Å². The molecule has 1 unspecified atom stereocenters. The number of carbonyl (C=O) groups is 1. The zero-order valence-corrected chi connectivity index (χ0v) is 11.8. The number of amides is 1. The van der Waals surface area contributed by atoms with Crippen molar-refractivity contribution in [1.82, 2.24) is 10.3 Å². The molecule has 0 fully saturated rings. The van der Waals surface area contributed by atoms with E-state index in [1.807, 2.05) is 31.2 Å². The number of benzene rings is 1. The maximum Gasteiger partial charge on any atom is 0.263 e. The Morgan fingerprint density at radius 2 is 2.33 bits per heavy atom. The van der Waals surface area contributed by atoms with Crippen LogP contribution in [0.3, 0.4) is 0 Å². The first-order valence-corrected chi connectivity index (χ1v) is 6.97. The van der Waals surface area contributed by atoms with Gasteiger partial charge in [0.1, 0.15) is 11.5 Å². The average molecular weight is 287 g/mol. The van der Waals surface area contributed by atoms with Gasteiger partial charge in [-0.15, -0.1) is 0 Å². The number of carbonyl (C=O) groups excluding carboxylic acids is 1. The largest absolute Gasteiger partial charge is 0.477 e. The van der Waals surface area contributed by atoms with Crippen LogP contribution in [0.25, 0.3) is 0 Å². The number of hydrogen-bond donors (Lipinski definition) is 2. The first kappa shape index (κ1) is 13.5. The van der Waals surface area contributed by atoms with Crippen LogP contribution in [0, 0.1) is 0 Å². The molecule has 0 spiro atoms. The minimum Gasteiger partial charge on any atom is -0.477 e. The summed E-state index contributed by atoms with van der Waals surface area (Å²) < 4.78 is 11.1. The van der Waals surface area contributed by atoms with E-state index >= 15 is 0 Å². The van der Waals surface area contributed by atoms with Crippen molar-refractivity contribution < 1.29 is 13.9 Å². The lowest BCUT2D eigenvalue weighted by Gasteiger charge is -2.26. The van der Waals surface area contributed by atoms with Crippen LogP contribution in [-0.4, -0.2) is 23.5 Å². The van der Waals surface area contributed by atoms with E-state index in [0.29, 0.717) is 18.2 Å². The highest BCUT2D eigenvalue weighted by Gasteiger charge is 2.25. The second-order valence-electron chi connectivity index (χ2n) is 4.78. The van der Waals surface area contributed by atoms with Crippen molar-refractivity contribution in [3.63, 3.8) is 0 Å². The van der Waals surface area contributed by atoms with Crippen LogP contribution in [0.5, 0.6) is 5.75 Å². The summed E-state index contributed by atoms with van der Waals surface area (Å²) in [5.41, 5.74) is 0.904. The fourth-order valence-corrected chi connectivity index (χ4v) is 2.13. The van der Waals surface area contributed by atoms with Crippen molar-refractivity contribution in [2.45, 2.75) is 26.0 Å². The molecular formula is C15H17N3O3. The maximum absolute atomic E-state index is 12.1. The number of ether oxygens (including phenoxy) is 1. The molecule has 0 bridgehead atoms. The molecule has 1 aliphatic heterocycles. The van der Waals surface area contributed by atoms with Crippen LogP contribution in [0.2, 0.25) is 0 Å². The van der Waals surface area contributed by atoms with E-state index in [-0.39, 0.29) is 12.5 Å². The first-order chi connectivity index (χ1) is 10.3. The number of nitrogens with one attached hydrogen (secondary N) is 2. The number of anilines is 1. The molecule has 2 heterocycles. The highest BCUT2D eigenvalue weighted by Crippen LogP contribution is 2.28. The van der Waals surface area contributed by atoms with Crippen molar-refractivity contribution in [3.8, 4) is 5.75 Å². The van der Waals surface area contributed by atoms with E-state index in [1.165, 1.54) is 0 Å². The molecule has 0 saturated carbocycles. The standard InChI is InChI=1S/C15H17N3O3/c1-2-10-7-17-14(20-10)9-18-15(19)13-8-16-11-5-3-4-6-12(11)21-13/h3-7,13,16H,2,8-9H2,1H3,(H,18,19). The zero-order chi connectivity index (χ0) is 14.7. The van der Waals surface area contributed by atoms with Crippen LogP contribution in [0.15, 0.2) is 34.9 Å². The van der Waals surface area contributed by atoms with Gasteiger partial charge in [-0.05, 0) is 12.1 Å². The summed E-state index contributed by atoms with van der Waals surface area (Å²) in [7, 11) is 0. The minimum atomic E-state index is -0.555. The Hall–Kier alpha value is -2.50. The number of nitrogens with zero attached hydrogens (tertiary/aromatic N) is 1. The predicted molar refractivity (Wildman–Crippen MR) is 77.1 cm³/mol. The number of rotatable bonds is 4. The Balaban J connectivity index is 1.57. The summed E-state index contributed by atoms with van der Waals surface area (Å²) in [5.74, 6) is 1.81. The molecule has 2 aromatic rings. The van der Waals surface area contributed by atoms with Gasteiger partial charge in [0.05, 0.1) is 25.0 Å². The molecule has 6 heteroatoms. The van der Waals surface area contributed by atoms with E-state index < -0.39 is 6.10 Å². The Labute approximate surface area is 122 Å². The minimum absolute atomic E-state index is 0.187. The Kier molecular flexibility index (Phi) is 3.77. The molecule has 110 valence electrons. The predicted octanol–water partition coefficient (Wildman–Crippen LogP) is 1.73. The van der Waals surface area contributed by atoms with Crippen LogP contribution in [0.1, 0.15) is 18.6 Å². The number of hydrogen-bond acceptors (Lipinski definition) is 5.